The number of allylic oxidation sites excluding steroid dienone is 5. The maximum atomic E-state index is 10.3. The van der Waals surface area contributed by atoms with Crippen LogP contribution in [0.15, 0.2) is 36.5 Å². The number of aliphatic carboxylic acids is 1. The van der Waals surface area contributed by atoms with E-state index in [1.807, 2.05) is 24.3 Å². The van der Waals surface area contributed by atoms with Crippen LogP contribution >= 0.6 is 0 Å². The highest BCUT2D eigenvalue weighted by molar-refractivity contribution is 5.66. The molecular weight excluding hydrogens is 304 g/mol. The lowest BCUT2D eigenvalue weighted by Crippen LogP contribution is -2.25. The van der Waals surface area contributed by atoms with Crippen molar-refractivity contribution in [2.24, 2.45) is 0 Å². The first-order valence-corrected chi connectivity index (χ1v) is 9.10. The lowest BCUT2D eigenvalue weighted by molar-refractivity contribution is -0.137. The molecule has 0 aromatic carbocycles. The molecule has 0 saturated carbocycles. The summed E-state index contributed by atoms with van der Waals surface area (Å²) in [5, 5.41) is 28.1. The number of carbonyl (C=O) groups is 1. The standard InChI is InChI=1S/C20H34O4/c1-2-3-12-15-18(21)19(22)16-13-10-8-6-4-5-7-9-11-14-17-20(23)24/h4,6-7,9-10,13,18-19,21-22H,2-3,5,8,11-12,14-17H2,1H3,(H,23,24)/b6-4+,9-7+,13-10+. The van der Waals surface area contributed by atoms with Gasteiger partial charge in [0, 0.05) is 6.42 Å². The summed E-state index contributed by atoms with van der Waals surface area (Å²) < 4.78 is 0. The van der Waals surface area contributed by atoms with Crippen LogP contribution in [0.25, 0.3) is 0 Å². The fraction of sp³-hybridized carbons (Fsp3) is 0.650. The third kappa shape index (κ3) is 15.5. The molecule has 0 fully saturated rings. The Morgan fingerprint density at radius 2 is 1.50 bits per heavy atom. The van der Waals surface area contributed by atoms with E-state index < -0.39 is 18.2 Å². The van der Waals surface area contributed by atoms with Crippen LogP contribution in [0.4, 0.5) is 0 Å². The molecule has 4 nitrogen and oxygen atoms in total. The Morgan fingerprint density at radius 3 is 2.12 bits per heavy atom. The van der Waals surface area contributed by atoms with Crippen molar-refractivity contribution >= 4 is 5.97 Å². The smallest absolute Gasteiger partial charge is 0.303 e. The largest absolute Gasteiger partial charge is 0.481 e. The van der Waals surface area contributed by atoms with Crippen LogP contribution in [-0.4, -0.2) is 33.5 Å². The minimum Gasteiger partial charge on any atom is -0.481 e. The van der Waals surface area contributed by atoms with Crippen molar-refractivity contribution in [3.63, 3.8) is 0 Å². The van der Waals surface area contributed by atoms with Gasteiger partial charge in [0.05, 0.1) is 12.2 Å². The number of hydrogen-bond donors (Lipinski definition) is 3. The van der Waals surface area contributed by atoms with Crippen molar-refractivity contribution in [3.05, 3.63) is 36.5 Å². The Morgan fingerprint density at radius 1 is 0.875 bits per heavy atom. The summed E-state index contributed by atoms with van der Waals surface area (Å²) in [5.41, 5.74) is 0. The number of hydrogen-bond acceptors (Lipinski definition) is 3. The second kappa shape index (κ2) is 16.5. The van der Waals surface area contributed by atoms with Crippen LogP contribution in [0, 0.1) is 0 Å². The van der Waals surface area contributed by atoms with E-state index in [0.717, 1.165) is 38.5 Å². The van der Waals surface area contributed by atoms with Gasteiger partial charge < -0.3 is 15.3 Å². The molecule has 0 aromatic heterocycles. The first-order valence-electron chi connectivity index (χ1n) is 9.10. The quantitative estimate of drug-likeness (QED) is 0.306. The van der Waals surface area contributed by atoms with Crippen LogP contribution in [0.3, 0.4) is 0 Å². The highest BCUT2D eigenvalue weighted by Crippen LogP contribution is 2.10. The van der Waals surface area contributed by atoms with Crippen molar-refractivity contribution < 1.29 is 20.1 Å². The van der Waals surface area contributed by atoms with Gasteiger partial charge in [-0.25, -0.2) is 0 Å². The molecule has 2 unspecified atom stereocenters. The first-order chi connectivity index (χ1) is 11.6. The van der Waals surface area contributed by atoms with Crippen molar-refractivity contribution in [1.29, 1.82) is 0 Å². The molecule has 0 aliphatic heterocycles. The summed E-state index contributed by atoms with van der Waals surface area (Å²) in [6.07, 6.45) is 18.5. The number of aliphatic hydroxyl groups is 2. The summed E-state index contributed by atoms with van der Waals surface area (Å²) in [5.74, 6) is -0.742. The SMILES string of the molecule is CCCCCC(O)C(O)C/C=C/C/C=C/C/C=C/CCCC(=O)O. The van der Waals surface area contributed by atoms with Gasteiger partial charge in [0.2, 0.25) is 0 Å². The summed E-state index contributed by atoms with van der Waals surface area (Å²) >= 11 is 0. The summed E-state index contributed by atoms with van der Waals surface area (Å²) in [7, 11) is 0. The van der Waals surface area contributed by atoms with Crippen molar-refractivity contribution in [2.45, 2.75) is 83.3 Å². The third-order valence-electron chi connectivity index (χ3n) is 3.73. The molecule has 0 amide bonds. The van der Waals surface area contributed by atoms with Crippen LogP contribution in [0.1, 0.15) is 71.1 Å². The molecular formula is C20H34O4. The maximum Gasteiger partial charge on any atom is 0.303 e. The maximum absolute atomic E-state index is 10.3. The lowest BCUT2D eigenvalue weighted by atomic mass is 10.0. The summed E-state index contributed by atoms with van der Waals surface area (Å²) in [4.78, 5) is 10.3. The monoisotopic (exact) mass is 338 g/mol. The van der Waals surface area contributed by atoms with Gasteiger partial charge in [0.15, 0.2) is 0 Å². The highest BCUT2D eigenvalue weighted by atomic mass is 16.4. The Labute approximate surface area is 146 Å². The van der Waals surface area contributed by atoms with E-state index in [9.17, 15) is 15.0 Å². The van der Waals surface area contributed by atoms with E-state index in [0.29, 0.717) is 19.3 Å². The third-order valence-corrected chi connectivity index (χ3v) is 3.73. The number of carboxylic acid groups (broad SMARTS) is 1. The van der Waals surface area contributed by atoms with E-state index in [-0.39, 0.29) is 6.42 Å². The molecule has 0 saturated heterocycles. The first kappa shape index (κ1) is 22.6. The van der Waals surface area contributed by atoms with Gasteiger partial charge in [-0.1, -0.05) is 62.6 Å². The summed E-state index contributed by atoms with van der Waals surface area (Å²) in [6, 6.07) is 0. The number of carboxylic acids is 1. The molecule has 2 atom stereocenters. The van der Waals surface area contributed by atoms with E-state index in [1.54, 1.807) is 0 Å². The van der Waals surface area contributed by atoms with Crippen LogP contribution in [-0.2, 0) is 4.79 Å². The van der Waals surface area contributed by atoms with Gasteiger partial charge >= 0.3 is 5.97 Å². The van der Waals surface area contributed by atoms with Crippen LogP contribution < -0.4 is 0 Å². The molecule has 0 aliphatic rings. The van der Waals surface area contributed by atoms with Crippen LogP contribution in [0.5, 0.6) is 0 Å². The number of rotatable bonds is 15. The zero-order valence-corrected chi connectivity index (χ0v) is 14.9. The summed E-state index contributed by atoms with van der Waals surface area (Å²) in [6.45, 7) is 2.12. The second-order valence-electron chi connectivity index (χ2n) is 6.04. The van der Waals surface area contributed by atoms with Gasteiger partial charge in [-0.2, -0.15) is 0 Å². The van der Waals surface area contributed by atoms with Crippen molar-refractivity contribution in [2.75, 3.05) is 0 Å². The molecule has 0 aliphatic carbocycles. The van der Waals surface area contributed by atoms with E-state index >= 15 is 0 Å². The van der Waals surface area contributed by atoms with Gasteiger partial charge in [-0.3, -0.25) is 4.79 Å². The number of unbranched alkanes of at least 4 members (excludes halogenated alkanes) is 3. The highest BCUT2D eigenvalue weighted by Gasteiger charge is 2.13. The molecule has 0 heterocycles. The normalized spacial score (nSPS) is 14.8. The average Bonchev–Trinajstić information content (AvgIpc) is 2.55. The van der Waals surface area contributed by atoms with E-state index in [2.05, 4.69) is 19.1 Å². The van der Waals surface area contributed by atoms with Crippen molar-refractivity contribution in [3.8, 4) is 0 Å². The minimum atomic E-state index is -0.742. The lowest BCUT2D eigenvalue weighted by Gasteiger charge is -2.15. The molecule has 4 heteroatoms. The molecule has 0 rings (SSSR count). The Bertz CT molecular complexity index is 385. The second-order valence-corrected chi connectivity index (χ2v) is 6.04. The van der Waals surface area contributed by atoms with Gasteiger partial charge in [0.1, 0.15) is 0 Å². The Kier molecular flexibility index (Phi) is 15.5. The zero-order chi connectivity index (χ0) is 18.0. The van der Waals surface area contributed by atoms with Crippen molar-refractivity contribution in [1.82, 2.24) is 0 Å². The van der Waals surface area contributed by atoms with E-state index in [4.69, 9.17) is 5.11 Å². The number of aliphatic hydroxyl groups excluding tert-OH is 2. The molecule has 24 heavy (non-hydrogen) atoms. The molecule has 0 spiro atoms. The molecule has 3 N–H and O–H groups in total. The average molecular weight is 338 g/mol. The zero-order valence-electron chi connectivity index (χ0n) is 14.9. The van der Waals surface area contributed by atoms with Gasteiger partial charge in [-0.05, 0) is 38.5 Å². The van der Waals surface area contributed by atoms with E-state index in [1.165, 1.54) is 0 Å². The van der Waals surface area contributed by atoms with Gasteiger partial charge in [0.25, 0.3) is 0 Å². The Hall–Kier alpha value is -1.39. The molecule has 0 radical (unpaired) electrons. The molecule has 0 aromatic rings. The fourth-order valence-electron chi connectivity index (χ4n) is 2.22. The molecule has 0 bridgehead atoms. The fourth-order valence-corrected chi connectivity index (χ4v) is 2.22. The Balaban J connectivity index is 3.62. The van der Waals surface area contributed by atoms with Crippen LogP contribution in [0.2, 0.25) is 0 Å². The minimum absolute atomic E-state index is 0.226. The topological polar surface area (TPSA) is 77.8 Å². The molecule has 138 valence electrons. The predicted octanol–water partition coefficient (Wildman–Crippen LogP) is 4.38. The predicted molar refractivity (Wildman–Crippen MR) is 98.9 cm³/mol. The van der Waals surface area contributed by atoms with Gasteiger partial charge in [-0.15, -0.1) is 0 Å².